The Morgan fingerprint density at radius 2 is 1.97 bits per heavy atom. The highest BCUT2D eigenvalue weighted by Crippen LogP contribution is 2.38. The zero-order valence-electron chi connectivity index (χ0n) is 17.5. The van der Waals surface area contributed by atoms with Gasteiger partial charge in [0.05, 0.1) is 23.3 Å². The van der Waals surface area contributed by atoms with Crippen LogP contribution in [-0.4, -0.2) is 31.6 Å². The first-order valence-electron chi connectivity index (χ1n) is 9.99. The topological polar surface area (TPSA) is 67.9 Å². The molecular formula is C23H28N2O4. The van der Waals surface area contributed by atoms with Gasteiger partial charge in [-0.1, -0.05) is 19.1 Å². The Bertz CT molecular complexity index is 908. The van der Waals surface area contributed by atoms with E-state index >= 15 is 0 Å². The molecule has 154 valence electrons. The molecule has 6 nitrogen and oxygen atoms in total. The summed E-state index contributed by atoms with van der Waals surface area (Å²) in [5.41, 5.74) is 1.18. The Morgan fingerprint density at radius 1 is 1.21 bits per heavy atom. The average molecular weight is 396 g/mol. The van der Waals surface area contributed by atoms with Crippen LogP contribution < -0.4 is 19.7 Å². The summed E-state index contributed by atoms with van der Waals surface area (Å²) in [7, 11) is 0. The lowest BCUT2D eigenvalue weighted by Crippen LogP contribution is -2.42. The number of amides is 2. The third kappa shape index (κ3) is 4.36. The molecule has 3 rings (SSSR count). The number of fused-ring (bicyclic) bond motifs is 1. The standard InChI is InChI=1S/C23H28N2O4/c1-5-13-25-18-12-11-16(14-20(18)29-15-23(3,4)22(25)27)24-21(26)17-9-7-8-10-19(17)28-6-2/h7-12,14H,5-6,13,15H2,1-4H3,(H,24,26). The van der Waals surface area contributed by atoms with Crippen molar-refractivity contribution in [1.29, 1.82) is 0 Å². The van der Waals surface area contributed by atoms with Crippen molar-refractivity contribution in [3.8, 4) is 11.5 Å². The SMILES string of the molecule is CCCN1C(=O)C(C)(C)COc2cc(NC(=O)c3ccccc3OCC)ccc21. The smallest absolute Gasteiger partial charge is 0.259 e. The number of carbonyl (C=O) groups is 2. The molecule has 0 saturated carbocycles. The summed E-state index contributed by atoms with van der Waals surface area (Å²) < 4.78 is 11.5. The molecule has 1 heterocycles. The van der Waals surface area contributed by atoms with Gasteiger partial charge >= 0.3 is 0 Å². The van der Waals surface area contributed by atoms with E-state index in [1.807, 2.05) is 39.8 Å². The van der Waals surface area contributed by atoms with Gasteiger partial charge in [-0.25, -0.2) is 0 Å². The molecule has 0 saturated heterocycles. The Balaban J connectivity index is 1.88. The van der Waals surface area contributed by atoms with Crippen LogP contribution in [0.4, 0.5) is 11.4 Å². The number of para-hydroxylation sites is 1. The molecule has 0 unspecified atom stereocenters. The number of ether oxygens (including phenoxy) is 2. The van der Waals surface area contributed by atoms with E-state index in [1.54, 1.807) is 35.2 Å². The number of hydrogen-bond acceptors (Lipinski definition) is 4. The number of carbonyl (C=O) groups excluding carboxylic acids is 2. The molecule has 0 bridgehead atoms. The second kappa shape index (κ2) is 8.55. The van der Waals surface area contributed by atoms with Crippen molar-refractivity contribution in [3.05, 3.63) is 48.0 Å². The van der Waals surface area contributed by atoms with Gasteiger partial charge in [-0.15, -0.1) is 0 Å². The van der Waals surface area contributed by atoms with Crippen LogP contribution in [0.2, 0.25) is 0 Å². The van der Waals surface area contributed by atoms with Crippen molar-refractivity contribution >= 4 is 23.2 Å². The van der Waals surface area contributed by atoms with Crippen LogP contribution in [-0.2, 0) is 4.79 Å². The maximum absolute atomic E-state index is 12.9. The third-order valence-electron chi connectivity index (χ3n) is 4.80. The molecular weight excluding hydrogens is 368 g/mol. The molecule has 6 heteroatoms. The van der Waals surface area contributed by atoms with Gasteiger partial charge in [0, 0.05) is 18.3 Å². The number of nitrogens with one attached hydrogen (secondary N) is 1. The Hall–Kier alpha value is -3.02. The van der Waals surface area contributed by atoms with E-state index in [2.05, 4.69) is 5.32 Å². The van der Waals surface area contributed by atoms with E-state index in [-0.39, 0.29) is 18.4 Å². The van der Waals surface area contributed by atoms with Crippen molar-refractivity contribution in [3.63, 3.8) is 0 Å². The Labute approximate surface area is 171 Å². The first kappa shape index (κ1) is 20.7. The largest absolute Gasteiger partial charge is 0.493 e. The maximum atomic E-state index is 12.9. The fourth-order valence-electron chi connectivity index (χ4n) is 3.30. The molecule has 1 N–H and O–H groups in total. The van der Waals surface area contributed by atoms with E-state index in [9.17, 15) is 9.59 Å². The predicted octanol–water partition coefficient (Wildman–Crippen LogP) is 4.50. The molecule has 29 heavy (non-hydrogen) atoms. The fraction of sp³-hybridized carbons (Fsp3) is 0.391. The van der Waals surface area contributed by atoms with Gasteiger partial charge < -0.3 is 19.7 Å². The lowest BCUT2D eigenvalue weighted by Gasteiger charge is -2.27. The minimum atomic E-state index is -0.617. The van der Waals surface area contributed by atoms with Crippen LogP contribution in [0.3, 0.4) is 0 Å². The summed E-state index contributed by atoms with van der Waals surface area (Å²) in [6.07, 6.45) is 0.841. The maximum Gasteiger partial charge on any atom is 0.259 e. The molecule has 1 aliphatic rings. The monoisotopic (exact) mass is 396 g/mol. The number of anilines is 2. The highest BCUT2D eigenvalue weighted by atomic mass is 16.5. The first-order valence-corrected chi connectivity index (χ1v) is 9.99. The number of rotatable bonds is 6. The molecule has 0 atom stereocenters. The second-order valence-corrected chi connectivity index (χ2v) is 7.70. The lowest BCUT2D eigenvalue weighted by atomic mass is 9.93. The molecule has 0 spiro atoms. The predicted molar refractivity (Wildman–Crippen MR) is 114 cm³/mol. The van der Waals surface area contributed by atoms with E-state index in [1.165, 1.54) is 0 Å². The minimum absolute atomic E-state index is 0.0422. The van der Waals surface area contributed by atoms with Crippen LogP contribution in [0.25, 0.3) is 0 Å². The van der Waals surface area contributed by atoms with Gasteiger partial charge in [-0.3, -0.25) is 9.59 Å². The van der Waals surface area contributed by atoms with E-state index in [0.717, 1.165) is 12.1 Å². The molecule has 2 aromatic rings. The van der Waals surface area contributed by atoms with Gasteiger partial charge in [0.25, 0.3) is 5.91 Å². The Kier molecular flexibility index (Phi) is 6.11. The molecule has 0 fully saturated rings. The minimum Gasteiger partial charge on any atom is -0.493 e. The molecule has 1 aliphatic heterocycles. The van der Waals surface area contributed by atoms with E-state index in [4.69, 9.17) is 9.47 Å². The molecule has 0 aliphatic carbocycles. The Morgan fingerprint density at radius 3 is 2.69 bits per heavy atom. The molecule has 0 radical (unpaired) electrons. The highest BCUT2D eigenvalue weighted by molar-refractivity contribution is 6.06. The summed E-state index contributed by atoms with van der Waals surface area (Å²) in [5, 5.41) is 2.90. The third-order valence-corrected chi connectivity index (χ3v) is 4.80. The summed E-state index contributed by atoms with van der Waals surface area (Å²) in [6, 6.07) is 12.5. The van der Waals surface area contributed by atoms with Crippen LogP contribution in [0.15, 0.2) is 42.5 Å². The molecule has 0 aromatic heterocycles. The van der Waals surface area contributed by atoms with Gasteiger partial charge in [-0.2, -0.15) is 0 Å². The second-order valence-electron chi connectivity index (χ2n) is 7.70. The number of hydrogen-bond donors (Lipinski definition) is 1. The lowest BCUT2D eigenvalue weighted by molar-refractivity contribution is -0.127. The quantitative estimate of drug-likeness (QED) is 0.781. The number of nitrogens with zero attached hydrogens (tertiary/aromatic N) is 1. The highest BCUT2D eigenvalue weighted by Gasteiger charge is 2.37. The van der Waals surface area contributed by atoms with Crippen LogP contribution in [0.1, 0.15) is 44.5 Å². The van der Waals surface area contributed by atoms with Crippen molar-refractivity contribution in [2.75, 3.05) is 30.0 Å². The fourth-order valence-corrected chi connectivity index (χ4v) is 3.30. The summed E-state index contributed by atoms with van der Waals surface area (Å²) >= 11 is 0. The summed E-state index contributed by atoms with van der Waals surface area (Å²) in [5.74, 6) is 0.915. The van der Waals surface area contributed by atoms with E-state index in [0.29, 0.717) is 35.9 Å². The van der Waals surface area contributed by atoms with Crippen molar-refractivity contribution in [1.82, 2.24) is 0 Å². The molecule has 2 amide bonds. The van der Waals surface area contributed by atoms with Crippen molar-refractivity contribution in [2.45, 2.75) is 34.1 Å². The zero-order chi connectivity index (χ0) is 21.0. The van der Waals surface area contributed by atoms with Crippen LogP contribution >= 0.6 is 0 Å². The van der Waals surface area contributed by atoms with Gasteiger partial charge in [-0.05, 0) is 51.5 Å². The van der Waals surface area contributed by atoms with Gasteiger partial charge in [0.2, 0.25) is 5.91 Å². The summed E-state index contributed by atoms with van der Waals surface area (Å²) in [4.78, 5) is 27.5. The van der Waals surface area contributed by atoms with Crippen molar-refractivity contribution < 1.29 is 19.1 Å². The first-order chi connectivity index (χ1) is 13.9. The van der Waals surface area contributed by atoms with E-state index < -0.39 is 5.41 Å². The van der Waals surface area contributed by atoms with Crippen LogP contribution in [0, 0.1) is 5.41 Å². The molecule has 2 aromatic carbocycles. The number of benzene rings is 2. The normalized spacial score (nSPS) is 15.2. The van der Waals surface area contributed by atoms with Crippen molar-refractivity contribution in [2.24, 2.45) is 5.41 Å². The van der Waals surface area contributed by atoms with Gasteiger partial charge in [0.1, 0.15) is 18.1 Å². The average Bonchev–Trinajstić information content (AvgIpc) is 2.79. The summed E-state index contributed by atoms with van der Waals surface area (Å²) in [6.45, 7) is 9.07. The van der Waals surface area contributed by atoms with Gasteiger partial charge in [0.15, 0.2) is 0 Å². The van der Waals surface area contributed by atoms with Crippen LogP contribution in [0.5, 0.6) is 11.5 Å². The zero-order valence-corrected chi connectivity index (χ0v) is 17.5.